The Morgan fingerprint density at radius 3 is 2.69 bits per heavy atom. The quantitative estimate of drug-likeness (QED) is 0.883. The van der Waals surface area contributed by atoms with Gasteiger partial charge in [0, 0.05) is 11.1 Å². The van der Waals surface area contributed by atoms with E-state index in [1.807, 2.05) is 32.2 Å². The Morgan fingerprint density at radius 1 is 1.31 bits per heavy atom. The molecule has 0 aliphatic carbocycles. The van der Waals surface area contributed by atoms with Gasteiger partial charge in [0.2, 0.25) is 0 Å². The number of nitrogens with zero attached hydrogens (tertiary/aromatic N) is 2. The van der Waals surface area contributed by atoms with Crippen molar-refractivity contribution in [3.63, 3.8) is 0 Å². The highest BCUT2D eigenvalue weighted by atomic mass is 32.1. The predicted molar refractivity (Wildman–Crippen MR) is 67.9 cm³/mol. The van der Waals surface area contributed by atoms with Gasteiger partial charge in [-0.1, -0.05) is 0 Å². The lowest BCUT2D eigenvalue weighted by Gasteiger charge is -2.12. The normalized spacial score (nSPS) is 12.4. The molecular weight excluding hydrogens is 218 g/mol. The summed E-state index contributed by atoms with van der Waals surface area (Å²) in [6, 6.07) is 4.26. The van der Waals surface area contributed by atoms with Crippen LogP contribution in [-0.2, 0) is 0 Å². The zero-order chi connectivity index (χ0) is 11.5. The van der Waals surface area contributed by atoms with Crippen LogP contribution in [0.3, 0.4) is 0 Å². The molecule has 0 saturated carbocycles. The van der Waals surface area contributed by atoms with Crippen molar-refractivity contribution in [1.82, 2.24) is 9.97 Å². The van der Waals surface area contributed by atoms with Crippen molar-refractivity contribution in [2.45, 2.75) is 26.8 Å². The molecule has 0 spiro atoms. The number of aryl methyl sites for hydroxylation is 2. The number of aromatic nitrogens is 2. The summed E-state index contributed by atoms with van der Waals surface area (Å²) in [6.45, 7) is 6.11. The number of hydrogen-bond donors (Lipinski definition) is 1. The van der Waals surface area contributed by atoms with Crippen LogP contribution in [0.25, 0.3) is 0 Å². The molecule has 2 aromatic rings. The van der Waals surface area contributed by atoms with E-state index in [0.29, 0.717) is 0 Å². The smallest absolute Gasteiger partial charge is 0.0898 e. The summed E-state index contributed by atoms with van der Waals surface area (Å²) < 4.78 is 0. The van der Waals surface area contributed by atoms with Crippen molar-refractivity contribution in [2.24, 2.45) is 0 Å². The second-order valence-corrected chi connectivity index (χ2v) is 4.91. The Hall–Kier alpha value is -1.42. The molecule has 0 aliphatic heterocycles. The molecule has 0 aliphatic rings. The highest BCUT2D eigenvalue weighted by Crippen LogP contribution is 2.20. The van der Waals surface area contributed by atoms with Gasteiger partial charge in [-0.25, -0.2) is 4.98 Å². The number of anilines is 1. The zero-order valence-corrected chi connectivity index (χ0v) is 10.5. The lowest BCUT2D eigenvalue weighted by Crippen LogP contribution is -2.07. The highest BCUT2D eigenvalue weighted by molar-refractivity contribution is 7.09. The van der Waals surface area contributed by atoms with Crippen LogP contribution < -0.4 is 5.32 Å². The Bertz CT molecular complexity index is 461. The molecule has 1 atom stereocenters. The first kappa shape index (κ1) is 11.1. The maximum atomic E-state index is 4.46. The molecule has 0 saturated heterocycles. The molecule has 0 bridgehead atoms. The lowest BCUT2D eigenvalue weighted by atomic mass is 10.2. The fourth-order valence-electron chi connectivity index (χ4n) is 1.46. The molecule has 84 valence electrons. The van der Waals surface area contributed by atoms with Crippen molar-refractivity contribution in [1.29, 1.82) is 0 Å². The molecule has 0 aromatic carbocycles. The largest absolute Gasteiger partial charge is 0.376 e. The summed E-state index contributed by atoms with van der Waals surface area (Å²) in [5.41, 5.74) is 3.15. The highest BCUT2D eigenvalue weighted by Gasteiger charge is 2.08. The fourth-order valence-corrected chi connectivity index (χ4v) is 2.16. The average molecular weight is 233 g/mol. The van der Waals surface area contributed by atoms with Gasteiger partial charge in [-0.05, 0) is 32.9 Å². The van der Waals surface area contributed by atoms with Crippen LogP contribution in [0.5, 0.6) is 0 Å². The zero-order valence-electron chi connectivity index (χ0n) is 9.69. The van der Waals surface area contributed by atoms with Gasteiger partial charge in [0.15, 0.2) is 0 Å². The first-order valence-corrected chi connectivity index (χ1v) is 6.14. The van der Waals surface area contributed by atoms with Crippen molar-refractivity contribution < 1.29 is 0 Å². The SMILES string of the molecule is Cc1ccc(NC(C)c2csc(C)n2)cn1. The van der Waals surface area contributed by atoms with E-state index in [1.165, 1.54) is 0 Å². The first-order chi connectivity index (χ1) is 7.65. The van der Waals surface area contributed by atoms with Crippen LogP contribution in [0, 0.1) is 13.8 Å². The number of hydrogen-bond acceptors (Lipinski definition) is 4. The van der Waals surface area contributed by atoms with E-state index in [9.17, 15) is 0 Å². The third-order valence-electron chi connectivity index (χ3n) is 2.37. The van der Waals surface area contributed by atoms with Crippen LogP contribution in [-0.4, -0.2) is 9.97 Å². The van der Waals surface area contributed by atoms with Crippen LogP contribution in [0.2, 0.25) is 0 Å². The summed E-state index contributed by atoms with van der Waals surface area (Å²) >= 11 is 1.68. The van der Waals surface area contributed by atoms with Crippen LogP contribution >= 0.6 is 11.3 Å². The summed E-state index contributed by atoms with van der Waals surface area (Å²) in [7, 11) is 0. The van der Waals surface area contributed by atoms with E-state index in [4.69, 9.17) is 0 Å². The Balaban J connectivity index is 2.07. The number of pyridine rings is 1. The standard InChI is InChI=1S/C12H15N3S/c1-8-4-5-11(6-13-8)14-9(2)12-7-16-10(3)15-12/h4-7,9,14H,1-3H3. The summed E-state index contributed by atoms with van der Waals surface area (Å²) in [5, 5.41) is 6.57. The molecule has 0 radical (unpaired) electrons. The third kappa shape index (κ3) is 2.58. The predicted octanol–water partition coefficient (Wildman–Crippen LogP) is 3.33. The van der Waals surface area contributed by atoms with Gasteiger partial charge in [-0.3, -0.25) is 4.98 Å². The number of nitrogens with one attached hydrogen (secondary N) is 1. The van der Waals surface area contributed by atoms with Crippen LogP contribution in [0.1, 0.15) is 29.4 Å². The molecule has 1 N–H and O–H groups in total. The van der Waals surface area contributed by atoms with E-state index in [0.717, 1.165) is 22.1 Å². The molecule has 2 aromatic heterocycles. The van der Waals surface area contributed by atoms with Gasteiger partial charge >= 0.3 is 0 Å². The minimum absolute atomic E-state index is 0.217. The molecule has 2 rings (SSSR count). The van der Waals surface area contributed by atoms with Crippen molar-refractivity contribution in [3.05, 3.63) is 40.1 Å². The minimum atomic E-state index is 0.217. The average Bonchev–Trinajstić information content (AvgIpc) is 2.68. The lowest BCUT2D eigenvalue weighted by molar-refractivity contribution is 0.843. The summed E-state index contributed by atoms with van der Waals surface area (Å²) in [4.78, 5) is 8.71. The molecule has 4 heteroatoms. The maximum Gasteiger partial charge on any atom is 0.0898 e. The van der Waals surface area contributed by atoms with Crippen molar-refractivity contribution in [2.75, 3.05) is 5.32 Å². The molecule has 2 heterocycles. The Kier molecular flexibility index (Phi) is 3.19. The van der Waals surface area contributed by atoms with Crippen molar-refractivity contribution >= 4 is 17.0 Å². The van der Waals surface area contributed by atoms with E-state index < -0.39 is 0 Å². The van der Waals surface area contributed by atoms with Crippen LogP contribution in [0.15, 0.2) is 23.7 Å². The molecular formula is C12H15N3S. The fraction of sp³-hybridized carbons (Fsp3) is 0.333. The summed E-state index contributed by atoms with van der Waals surface area (Å²) in [5.74, 6) is 0. The maximum absolute atomic E-state index is 4.46. The van der Waals surface area contributed by atoms with E-state index in [1.54, 1.807) is 11.3 Å². The molecule has 0 fully saturated rings. The minimum Gasteiger partial charge on any atom is -0.376 e. The van der Waals surface area contributed by atoms with Gasteiger partial charge in [-0.2, -0.15) is 0 Å². The first-order valence-electron chi connectivity index (χ1n) is 5.26. The van der Waals surface area contributed by atoms with Gasteiger partial charge in [-0.15, -0.1) is 11.3 Å². The second-order valence-electron chi connectivity index (χ2n) is 3.85. The molecule has 0 amide bonds. The van der Waals surface area contributed by atoms with Crippen molar-refractivity contribution in [3.8, 4) is 0 Å². The number of rotatable bonds is 3. The van der Waals surface area contributed by atoms with Gasteiger partial charge in [0.1, 0.15) is 0 Å². The van der Waals surface area contributed by atoms with Gasteiger partial charge in [0.25, 0.3) is 0 Å². The molecule has 16 heavy (non-hydrogen) atoms. The van der Waals surface area contributed by atoms with E-state index in [-0.39, 0.29) is 6.04 Å². The van der Waals surface area contributed by atoms with E-state index >= 15 is 0 Å². The topological polar surface area (TPSA) is 37.8 Å². The Labute approximate surface area is 99.6 Å². The Morgan fingerprint density at radius 2 is 2.12 bits per heavy atom. The third-order valence-corrected chi connectivity index (χ3v) is 3.17. The van der Waals surface area contributed by atoms with E-state index in [2.05, 4.69) is 27.6 Å². The van der Waals surface area contributed by atoms with Gasteiger partial charge in [0.05, 0.1) is 28.6 Å². The molecule has 1 unspecified atom stereocenters. The molecule has 3 nitrogen and oxygen atoms in total. The second kappa shape index (κ2) is 4.61. The number of thiazole rings is 1. The monoisotopic (exact) mass is 233 g/mol. The van der Waals surface area contributed by atoms with Crippen LogP contribution in [0.4, 0.5) is 5.69 Å². The van der Waals surface area contributed by atoms with Gasteiger partial charge < -0.3 is 5.32 Å². The summed E-state index contributed by atoms with van der Waals surface area (Å²) in [6.07, 6.45) is 1.85.